The molecule has 0 aromatic heterocycles. The minimum atomic E-state index is -0.593. The summed E-state index contributed by atoms with van der Waals surface area (Å²) in [5, 5.41) is 0.610. The van der Waals surface area contributed by atoms with Crippen molar-refractivity contribution >= 4 is 23.2 Å². The predicted molar refractivity (Wildman–Crippen MR) is 82.8 cm³/mol. The number of hydrogen-bond acceptors (Lipinski definition) is 2. The van der Waals surface area contributed by atoms with Gasteiger partial charge in [0.25, 0.3) is 5.91 Å². The van der Waals surface area contributed by atoms with E-state index >= 15 is 0 Å². The Morgan fingerprint density at radius 2 is 2.00 bits per heavy atom. The third-order valence-electron chi connectivity index (χ3n) is 3.48. The fourth-order valence-corrected chi connectivity index (χ4v) is 2.23. The monoisotopic (exact) mass is 306 g/mol. The Hall–Kier alpha value is -2.07. The number of carbonyl (C=O) groups is 1. The van der Waals surface area contributed by atoms with Crippen molar-refractivity contribution in [3.63, 3.8) is 0 Å². The summed E-state index contributed by atoms with van der Waals surface area (Å²) in [7, 11) is 1.67. The van der Waals surface area contributed by atoms with Gasteiger partial charge in [-0.25, -0.2) is 4.39 Å². The molecule has 1 amide bonds. The molecule has 0 aliphatic rings. The smallest absolute Gasteiger partial charge is 0.254 e. The highest BCUT2D eigenvalue weighted by Crippen LogP contribution is 2.24. The van der Waals surface area contributed by atoms with Crippen LogP contribution in [0.15, 0.2) is 42.5 Å². The number of nitrogen functional groups attached to an aromatic ring is 1. The zero-order chi connectivity index (χ0) is 15.6. The summed E-state index contributed by atoms with van der Waals surface area (Å²) in [6, 6.07) is 11.2. The Balaban J connectivity index is 2.24. The van der Waals surface area contributed by atoms with Crippen LogP contribution in [0.1, 0.15) is 28.9 Å². The van der Waals surface area contributed by atoms with E-state index in [0.29, 0.717) is 5.02 Å². The van der Waals surface area contributed by atoms with Gasteiger partial charge >= 0.3 is 0 Å². The molecule has 0 fully saturated rings. The SMILES string of the molecule is CC(c1cccc(Cl)c1)N(C)C(=O)c1ccc(N)c(F)c1. The Morgan fingerprint density at radius 1 is 1.29 bits per heavy atom. The van der Waals surface area contributed by atoms with Crippen LogP contribution in [0.25, 0.3) is 0 Å². The van der Waals surface area contributed by atoms with Gasteiger partial charge in [0.1, 0.15) is 5.82 Å². The lowest BCUT2D eigenvalue weighted by molar-refractivity contribution is 0.0742. The number of benzene rings is 2. The van der Waals surface area contributed by atoms with Crippen LogP contribution in [0.5, 0.6) is 0 Å². The van der Waals surface area contributed by atoms with Gasteiger partial charge in [-0.1, -0.05) is 23.7 Å². The number of anilines is 1. The lowest BCUT2D eigenvalue weighted by Crippen LogP contribution is -2.29. The van der Waals surface area contributed by atoms with Gasteiger partial charge in [-0.15, -0.1) is 0 Å². The summed E-state index contributed by atoms with van der Waals surface area (Å²) in [4.78, 5) is 13.9. The van der Waals surface area contributed by atoms with E-state index in [1.165, 1.54) is 17.0 Å². The van der Waals surface area contributed by atoms with Crippen LogP contribution < -0.4 is 5.73 Å². The normalized spacial score (nSPS) is 12.0. The molecule has 1 unspecified atom stereocenters. The standard InChI is InChI=1S/C16H16ClFN2O/c1-10(11-4-3-5-13(17)8-11)20(2)16(21)12-6-7-15(19)14(18)9-12/h3-10H,19H2,1-2H3. The fourth-order valence-electron chi connectivity index (χ4n) is 2.03. The molecular formula is C16H16ClFN2O. The molecule has 21 heavy (non-hydrogen) atoms. The van der Waals surface area contributed by atoms with Gasteiger partial charge in [-0.3, -0.25) is 4.79 Å². The van der Waals surface area contributed by atoms with Gasteiger partial charge in [0, 0.05) is 17.6 Å². The minimum Gasteiger partial charge on any atom is -0.396 e. The van der Waals surface area contributed by atoms with Crippen LogP contribution >= 0.6 is 11.6 Å². The lowest BCUT2D eigenvalue weighted by atomic mass is 10.1. The lowest BCUT2D eigenvalue weighted by Gasteiger charge is -2.25. The van der Waals surface area contributed by atoms with Crippen molar-refractivity contribution in [1.29, 1.82) is 0 Å². The first kappa shape index (κ1) is 15.3. The van der Waals surface area contributed by atoms with Crippen molar-refractivity contribution in [3.8, 4) is 0 Å². The third kappa shape index (κ3) is 3.34. The number of carbonyl (C=O) groups excluding carboxylic acids is 1. The van der Waals surface area contributed by atoms with E-state index in [4.69, 9.17) is 17.3 Å². The minimum absolute atomic E-state index is 0.0251. The molecule has 0 saturated carbocycles. The number of hydrogen-bond donors (Lipinski definition) is 1. The summed E-state index contributed by atoms with van der Waals surface area (Å²) in [6.45, 7) is 1.89. The first-order chi connectivity index (χ1) is 9.90. The second-order valence-electron chi connectivity index (χ2n) is 4.88. The third-order valence-corrected chi connectivity index (χ3v) is 3.71. The molecule has 2 aromatic rings. The number of amides is 1. The van der Waals surface area contributed by atoms with Gasteiger partial charge in [-0.05, 0) is 42.8 Å². The van der Waals surface area contributed by atoms with E-state index in [9.17, 15) is 9.18 Å². The average Bonchev–Trinajstić information content (AvgIpc) is 2.47. The molecule has 0 bridgehead atoms. The topological polar surface area (TPSA) is 46.3 Å². The van der Waals surface area contributed by atoms with Crippen molar-refractivity contribution in [2.45, 2.75) is 13.0 Å². The summed E-state index contributed by atoms with van der Waals surface area (Å²) in [6.07, 6.45) is 0. The zero-order valence-electron chi connectivity index (χ0n) is 11.8. The highest BCUT2D eigenvalue weighted by atomic mass is 35.5. The van der Waals surface area contributed by atoms with Crippen molar-refractivity contribution in [3.05, 3.63) is 64.4 Å². The predicted octanol–water partition coefficient (Wildman–Crippen LogP) is 3.89. The summed E-state index contributed by atoms with van der Waals surface area (Å²) in [5.74, 6) is -0.869. The number of halogens is 2. The van der Waals surface area contributed by atoms with Crippen LogP contribution in [0.4, 0.5) is 10.1 Å². The van der Waals surface area contributed by atoms with E-state index in [2.05, 4.69) is 0 Å². The van der Waals surface area contributed by atoms with Crippen molar-refractivity contribution in [2.24, 2.45) is 0 Å². The van der Waals surface area contributed by atoms with Gasteiger partial charge < -0.3 is 10.6 Å². The Bertz CT molecular complexity index is 675. The number of rotatable bonds is 3. The second-order valence-corrected chi connectivity index (χ2v) is 5.32. The molecule has 0 aliphatic heterocycles. The Kier molecular flexibility index (Phi) is 4.48. The Morgan fingerprint density at radius 3 is 2.62 bits per heavy atom. The first-order valence-electron chi connectivity index (χ1n) is 6.48. The maximum absolute atomic E-state index is 13.5. The molecule has 0 aliphatic carbocycles. The summed E-state index contributed by atoms with van der Waals surface area (Å²) in [5.41, 5.74) is 6.62. The highest BCUT2D eigenvalue weighted by Gasteiger charge is 2.19. The number of nitrogens with zero attached hydrogens (tertiary/aromatic N) is 1. The van der Waals surface area contributed by atoms with Crippen LogP contribution in [0, 0.1) is 5.82 Å². The van der Waals surface area contributed by atoms with Gasteiger partial charge in [0.05, 0.1) is 11.7 Å². The highest BCUT2D eigenvalue weighted by molar-refractivity contribution is 6.30. The Labute approximate surface area is 128 Å². The van der Waals surface area contributed by atoms with E-state index < -0.39 is 5.82 Å². The molecular weight excluding hydrogens is 291 g/mol. The van der Waals surface area contributed by atoms with Crippen molar-refractivity contribution in [2.75, 3.05) is 12.8 Å². The summed E-state index contributed by atoms with van der Waals surface area (Å²) >= 11 is 5.96. The number of nitrogens with two attached hydrogens (primary N) is 1. The van der Waals surface area contributed by atoms with Gasteiger partial charge in [0.2, 0.25) is 0 Å². The zero-order valence-corrected chi connectivity index (χ0v) is 12.6. The fraction of sp³-hybridized carbons (Fsp3) is 0.188. The van der Waals surface area contributed by atoms with Crippen LogP contribution in [-0.4, -0.2) is 17.9 Å². The quantitative estimate of drug-likeness (QED) is 0.874. The second kappa shape index (κ2) is 6.14. The van der Waals surface area contributed by atoms with Gasteiger partial charge in [0.15, 0.2) is 0 Å². The maximum atomic E-state index is 13.5. The van der Waals surface area contributed by atoms with E-state index in [0.717, 1.165) is 11.6 Å². The molecule has 2 aromatic carbocycles. The molecule has 2 N–H and O–H groups in total. The van der Waals surface area contributed by atoms with Crippen LogP contribution in [-0.2, 0) is 0 Å². The molecule has 1 atom stereocenters. The van der Waals surface area contributed by atoms with Gasteiger partial charge in [-0.2, -0.15) is 0 Å². The molecule has 0 saturated heterocycles. The molecule has 0 spiro atoms. The molecule has 0 heterocycles. The molecule has 5 heteroatoms. The molecule has 0 radical (unpaired) electrons. The molecule has 2 rings (SSSR count). The maximum Gasteiger partial charge on any atom is 0.254 e. The van der Waals surface area contributed by atoms with Crippen molar-refractivity contribution in [1.82, 2.24) is 4.90 Å². The van der Waals surface area contributed by atoms with E-state index in [1.807, 2.05) is 19.1 Å². The van der Waals surface area contributed by atoms with Crippen LogP contribution in [0.3, 0.4) is 0 Å². The average molecular weight is 307 g/mol. The first-order valence-corrected chi connectivity index (χ1v) is 6.85. The largest absolute Gasteiger partial charge is 0.396 e. The summed E-state index contributed by atoms with van der Waals surface area (Å²) < 4.78 is 13.5. The van der Waals surface area contributed by atoms with E-state index in [-0.39, 0.29) is 23.2 Å². The molecule has 3 nitrogen and oxygen atoms in total. The molecule has 110 valence electrons. The van der Waals surface area contributed by atoms with E-state index in [1.54, 1.807) is 19.2 Å². The van der Waals surface area contributed by atoms with Crippen molar-refractivity contribution < 1.29 is 9.18 Å². The van der Waals surface area contributed by atoms with Crippen LogP contribution in [0.2, 0.25) is 5.02 Å².